The van der Waals surface area contributed by atoms with Gasteiger partial charge in [-0.15, -0.1) is 6.58 Å². The number of benzene rings is 1. The maximum Gasteiger partial charge on any atom is 0.319 e. The van der Waals surface area contributed by atoms with Crippen LogP contribution < -0.4 is 15.6 Å². The summed E-state index contributed by atoms with van der Waals surface area (Å²) >= 11 is 1.53. The summed E-state index contributed by atoms with van der Waals surface area (Å²) in [5.74, 6) is 1.21. The van der Waals surface area contributed by atoms with Crippen LogP contribution in [-0.2, 0) is 37.4 Å². The van der Waals surface area contributed by atoms with E-state index in [4.69, 9.17) is 23.9 Å². The number of esters is 1. The number of hydrogen-bond donors (Lipinski definition) is 1. The molecule has 2 fully saturated rings. The van der Waals surface area contributed by atoms with Gasteiger partial charge in [-0.25, -0.2) is 4.98 Å². The number of likely N-dealkylation sites (tertiary alicyclic amines) is 1. The van der Waals surface area contributed by atoms with Gasteiger partial charge in [0.15, 0.2) is 17.6 Å². The van der Waals surface area contributed by atoms with Gasteiger partial charge in [0, 0.05) is 43.5 Å². The fourth-order valence-electron chi connectivity index (χ4n) is 5.91. The molecule has 40 heavy (non-hydrogen) atoms. The average molecular weight is 571 g/mol. The van der Waals surface area contributed by atoms with Crippen molar-refractivity contribution in [3.8, 4) is 17.0 Å². The predicted molar refractivity (Wildman–Crippen MR) is 153 cm³/mol. The number of fused-ring (bicyclic) bond motifs is 4. The number of nitrogens with one attached hydrogen (secondary N) is 1. The molecule has 1 aromatic carbocycles. The summed E-state index contributed by atoms with van der Waals surface area (Å²) in [6.45, 7) is 8.67. The molecular weight excluding hydrogens is 532 g/mol. The molecule has 0 amide bonds. The Morgan fingerprint density at radius 2 is 2.12 bits per heavy atom. The fourth-order valence-corrected chi connectivity index (χ4v) is 6.81. The first-order chi connectivity index (χ1) is 19.4. The maximum atomic E-state index is 14.3. The van der Waals surface area contributed by atoms with Crippen LogP contribution in [0.5, 0.6) is 5.75 Å². The largest absolute Gasteiger partial charge is 0.497 e. The van der Waals surface area contributed by atoms with Crippen molar-refractivity contribution in [3.63, 3.8) is 0 Å². The molecule has 11 heteroatoms. The number of aromatic nitrogens is 2. The van der Waals surface area contributed by atoms with E-state index in [2.05, 4.69) is 22.9 Å². The van der Waals surface area contributed by atoms with Crippen LogP contribution >= 0.6 is 11.8 Å². The van der Waals surface area contributed by atoms with Gasteiger partial charge in [-0.05, 0) is 49.9 Å². The lowest BCUT2D eigenvalue weighted by Gasteiger charge is -2.45. The zero-order chi connectivity index (χ0) is 28.3. The van der Waals surface area contributed by atoms with E-state index in [1.54, 1.807) is 31.8 Å². The van der Waals surface area contributed by atoms with Gasteiger partial charge in [0.05, 0.1) is 38.1 Å². The molecule has 0 radical (unpaired) electrons. The van der Waals surface area contributed by atoms with Crippen LogP contribution in [0.3, 0.4) is 0 Å². The number of piperidine rings is 1. The van der Waals surface area contributed by atoms with Crippen molar-refractivity contribution in [2.75, 3.05) is 52.8 Å². The van der Waals surface area contributed by atoms with Crippen molar-refractivity contribution < 1.29 is 23.7 Å². The molecular formula is C29H38N4O6S. The lowest BCUT2D eigenvalue weighted by Crippen LogP contribution is -2.50. The van der Waals surface area contributed by atoms with E-state index in [0.717, 1.165) is 60.5 Å². The molecule has 0 bridgehead atoms. The van der Waals surface area contributed by atoms with Crippen molar-refractivity contribution in [3.05, 3.63) is 52.3 Å². The van der Waals surface area contributed by atoms with Gasteiger partial charge in [-0.3, -0.25) is 24.4 Å². The molecule has 216 valence electrons. The lowest BCUT2D eigenvalue weighted by atomic mass is 9.64. The Hall–Kier alpha value is -2.70. The minimum atomic E-state index is -0.351. The van der Waals surface area contributed by atoms with E-state index < -0.39 is 0 Å². The zero-order valence-electron chi connectivity index (χ0n) is 23.4. The number of rotatable bonds is 12. The van der Waals surface area contributed by atoms with E-state index in [9.17, 15) is 9.59 Å². The van der Waals surface area contributed by atoms with Crippen LogP contribution in [-0.4, -0.2) is 85.7 Å². The first-order valence-corrected chi connectivity index (χ1v) is 14.8. The summed E-state index contributed by atoms with van der Waals surface area (Å²) in [6.07, 6.45) is 3.81. The molecule has 3 heterocycles. The third-order valence-corrected chi connectivity index (χ3v) is 8.87. The topological polar surface area (TPSA) is 107 Å². The summed E-state index contributed by atoms with van der Waals surface area (Å²) in [6, 6.07) is 6.05. The number of carbonyl (C=O) groups excluding carboxylic acids is 1. The Balaban J connectivity index is 1.44. The summed E-state index contributed by atoms with van der Waals surface area (Å²) < 4.78 is 23.4. The molecule has 1 aliphatic carbocycles. The van der Waals surface area contributed by atoms with Crippen molar-refractivity contribution in [1.29, 1.82) is 0 Å². The second kappa shape index (κ2) is 12.4. The average Bonchev–Trinajstić information content (AvgIpc) is 3.73. The van der Waals surface area contributed by atoms with Crippen LogP contribution in [0.2, 0.25) is 0 Å². The van der Waals surface area contributed by atoms with Gasteiger partial charge >= 0.3 is 5.97 Å². The Labute approximate surface area is 239 Å². The van der Waals surface area contributed by atoms with Gasteiger partial charge in [-0.2, -0.15) is 0 Å². The van der Waals surface area contributed by atoms with Crippen LogP contribution in [0.15, 0.2) is 40.8 Å². The Bertz CT molecular complexity index is 1310. The molecule has 1 N–H and O–H groups in total. The first-order valence-electron chi connectivity index (χ1n) is 13.8. The molecule has 2 saturated heterocycles. The zero-order valence-corrected chi connectivity index (χ0v) is 24.3. The molecule has 0 saturated carbocycles. The van der Waals surface area contributed by atoms with E-state index in [1.807, 2.05) is 12.1 Å². The number of allylic oxidation sites excluding steroid dienone is 1. The first kappa shape index (κ1) is 28.8. The second-order valence-electron chi connectivity index (χ2n) is 10.3. The third-order valence-electron chi connectivity index (χ3n) is 7.93. The summed E-state index contributed by atoms with van der Waals surface area (Å²) in [5.41, 5.74) is 3.38. The van der Waals surface area contributed by atoms with Gasteiger partial charge in [0.1, 0.15) is 5.75 Å². The van der Waals surface area contributed by atoms with Crippen LogP contribution in [0.1, 0.15) is 30.9 Å². The third kappa shape index (κ3) is 5.71. The van der Waals surface area contributed by atoms with Gasteiger partial charge in [-0.1, -0.05) is 17.8 Å². The summed E-state index contributed by atoms with van der Waals surface area (Å²) in [7, 11) is 3.34. The Morgan fingerprint density at radius 1 is 1.32 bits per heavy atom. The van der Waals surface area contributed by atoms with Gasteiger partial charge in [0.2, 0.25) is 0 Å². The molecule has 5 rings (SSSR count). The van der Waals surface area contributed by atoms with Crippen molar-refractivity contribution in [1.82, 2.24) is 19.8 Å². The SMILES string of the molecule is C=CCn1c(SCCOC)nc2c(c1=O)C1(CCN(C3OC3NCC(=O)OCC)CC1)Cc1cc(OC)ccc1-2. The van der Waals surface area contributed by atoms with Crippen LogP contribution in [0.4, 0.5) is 0 Å². The quantitative estimate of drug-likeness (QED) is 0.102. The lowest BCUT2D eigenvalue weighted by molar-refractivity contribution is -0.142. The highest BCUT2D eigenvalue weighted by molar-refractivity contribution is 7.99. The number of carbonyl (C=O) groups is 1. The van der Waals surface area contributed by atoms with Crippen molar-refractivity contribution in [2.45, 2.75) is 55.8 Å². The van der Waals surface area contributed by atoms with Gasteiger partial charge < -0.3 is 18.9 Å². The summed E-state index contributed by atoms with van der Waals surface area (Å²) in [5, 5.41) is 3.80. The minimum Gasteiger partial charge on any atom is -0.497 e. The Kier molecular flexibility index (Phi) is 8.96. The van der Waals surface area contributed by atoms with E-state index in [1.165, 1.54) is 11.8 Å². The highest BCUT2D eigenvalue weighted by atomic mass is 32.2. The normalized spacial score (nSPS) is 21.0. The molecule has 10 nitrogen and oxygen atoms in total. The number of hydrogen-bond acceptors (Lipinski definition) is 10. The van der Waals surface area contributed by atoms with E-state index in [-0.39, 0.29) is 35.9 Å². The smallest absolute Gasteiger partial charge is 0.319 e. The fraction of sp³-hybridized carbons (Fsp3) is 0.552. The highest BCUT2D eigenvalue weighted by Gasteiger charge is 2.50. The predicted octanol–water partition coefficient (Wildman–Crippen LogP) is 2.57. The van der Waals surface area contributed by atoms with E-state index >= 15 is 0 Å². The van der Waals surface area contributed by atoms with Crippen molar-refractivity contribution >= 4 is 17.7 Å². The molecule has 3 aliphatic rings. The Morgan fingerprint density at radius 3 is 2.83 bits per heavy atom. The number of ether oxygens (including phenoxy) is 4. The second-order valence-corrected chi connectivity index (χ2v) is 11.4. The molecule has 1 spiro atoms. The standard InChI is InChI=1S/C29H38N4O6S/c1-5-11-33-26(35)23-24(31-28(33)40-15-14-36-3)21-8-7-20(37-4)16-19(21)17-29(23)9-12-32(13-10-29)27-25(39-27)30-18-22(34)38-6-2/h5,7-8,16,25,27,30H,1,6,9-15,17-18H2,2-4H3. The van der Waals surface area contributed by atoms with Crippen molar-refractivity contribution in [2.24, 2.45) is 0 Å². The number of thioether (sulfide) groups is 1. The number of epoxide rings is 1. The number of nitrogens with zero attached hydrogens (tertiary/aromatic N) is 3. The minimum absolute atomic E-state index is 0.0105. The van der Waals surface area contributed by atoms with Crippen LogP contribution in [0.25, 0.3) is 11.3 Å². The molecule has 2 atom stereocenters. The monoisotopic (exact) mass is 570 g/mol. The molecule has 2 unspecified atom stereocenters. The van der Waals surface area contributed by atoms with Crippen LogP contribution in [0, 0.1) is 0 Å². The summed E-state index contributed by atoms with van der Waals surface area (Å²) in [4.78, 5) is 33.4. The number of methoxy groups -OCH3 is 2. The molecule has 1 aromatic heterocycles. The molecule has 2 aromatic rings. The van der Waals surface area contributed by atoms with E-state index in [0.29, 0.717) is 30.7 Å². The molecule has 2 aliphatic heterocycles. The highest BCUT2D eigenvalue weighted by Crippen LogP contribution is 2.48. The maximum absolute atomic E-state index is 14.3. The van der Waals surface area contributed by atoms with Gasteiger partial charge in [0.25, 0.3) is 5.56 Å².